The van der Waals surface area contributed by atoms with E-state index in [1.165, 1.54) is 0 Å². The minimum atomic E-state index is -0.333. The third-order valence-corrected chi connectivity index (χ3v) is 5.36. The number of carbonyl (C=O) groups is 3. The molecule has 3 amide bonds. The molecule has 0 aliphatic carbocycles. The van der Waals surface area contributed by atoms with Crippen molar-refractivity contribution in [1.82, 2.24) is 10.2 Å². The van der Waals surface area contributed by atoms with Gasteiger partial charge in [-0.05, 0) is 42.3 Å². The highest BCUT2D eigenvalue weighted by molar-refractivity contribution is 6.21. The summed E-state index contributed by atoms with van der Waals surface area (Å²) in [6.07, 6.45) is 0.0690. The second-order valence-electron chi connectivity index (χ2n) is 7.42. The van der Waals surface area contributed by atoms with Crippen molar-refractivity contribution in [2.24, 2.45) is 0 Å². The third kappa shape index (κ3) is 3.51. The Morgan fingerprint density at radius 2 is 1.69 bits per heavy atom. The van der Waals surface area contributed by atoms with Crippen molar-refractivity contribution >= 4 is 28.5 Å². The second kappa shape index (κ2) is 7.51. The number of carbonyl (C=O) groups excluding carboxylic acids is 3. The molecule has 0 spiro atoms. The average Bonchev–Trinajstić information content (AvgIpc) is 2.95. The lowest BCUT2D eigenvalue weighted by molar-refractivity contribution is -0.121. The summed E-state index contributed by atoms with van der Waals surface area (Å²) in [5.74, 6) is -0.860. The molecule has 1 aliphatic rings. The normalized spacial score (nSPS) is 14.2. The van der Waals surface area contributed by atoms with E-state index in [0.29, 0.717) is 11.1 Å². The minimum absolute atomic E-state index is 0.0689. The maximum absolute atomic E-state index is 12.5. The topological polar surface area (TPSA) is 66.5 Å². The van der Waals surface area contributed by atoms with Crippen LogP contribution in [-0.2, 0) is 4.79 Å². The van der Waals surface area contributed by atoms with Gasteiger partial charge >= 0.3 is 0 Å². The van der Waals surface area contributed by atoms with Crippen LogP contribution in [0.2, 0.25) is 0 Å². The van der Waals surface area contributed by atoms with Crippen LogP contribution in [0.1, 0.15) is 51.2 Å². The van der Waals surface area contributed by atoms with E-state index in [2.05, 4.69) is 5.32 Å². The number of fused-ring (bicyclic) bond motifs is 2. The van der Waals surface area contributed by atoms with E-state index in [1.54, 1.807) is 12.1 Å². The first-order valence-electron chi connectivity index (χ1n) is 9.69. The summed E-state index contributed by atoms with van der Waals surface area (Å²) < 4.78 is 0. The van der Waals surface area contributed by atoms with Crippen LogP contribution in [0.25, 0.3) is 10.8 Å². The van der Waals surface area contributed by atoms with Crippen LogP contribution in [-0.4, -0.2) is 29.2 Å². The van der Waals surface area contributed by atoms with Gasteiger partial charge in [0.15, 0.2) is 0 Å². The number of nitrogens with zero attached hydrogens (tertiary/aromatic N) is 1. The lowest BCUT2D eigenvalue weighted by Gasteiger charge is -2.18. The summed E-state index contributed by atoms with van der Waals surface area (Å²) in [5, 5.41) is 5.20. The number of imide groups is 1. The molecule has 0 radical (unpaired) electrons. The fraction of sp³-hybridized carbons (Fsp3) is 0.208. The molecule has 4 rings (SSSR count). The molecule has 1 aliphatic heterocycles. The van der Waals surface area contributed by atoms with Gasteiger partial charge in [0.25, 0.3) is 11.8 Å². The van der Waals surface area contributed by atoms with Gasteiger partial charge in [-0.15, -0.1) is 0 Å². The Kier molecular flexibility index (Phi) is 4.89. The first-order valence-corrected chi connectivity index (χ1v) is 9.69. The molecule has 1 atom stereocenters. The second-order valence-corrected chi connectivity index (χ2v) is 7.42. The van der Waals surface area contributed by atoms with Crippen molar-refractivity contribution < 1.29 is 14.4 Å². The average molecular weight is 386 g/mol. The molecular formula is C24H22N2O3. The van der Waals surface area contributed by atoms with Crippen LogP contribution >= 0.6 is 0 Å². The highest BCUT2D eigenvalue weighted by Gasteiger charge is 2.35. The molecule has 0 fully saturated rings. The van der Waals surface area contributed by atoms with Gasteiger partial charge in [-0.1, -0.05) is 54.1 Å². The first kappa shape index (κ1) is 18.9. The number of hydrogen-bond donors (Lipinski definition) is 1. The molecule has 0 aromatic heterocycles. The van der Waals surface area contributed by atoms with Crippen LogP contribution < -0.4 is 5.32 Å². The summed E-state index contributed by atoms with van der Waals surface area (Å²) in [4.78, 5) is 38.7. The van der Waals surface area contributed by atoms with Crippen molar-refractivity contribution in [3.63, 3.8) is 0 Å². The van der Waals surface area contributed by atoms with E-state index < -0.39 is 0 Å². The van der Waals surface area contributed by atoms with Gasteiger partial charge in [0.05, 0.1) is 17.2 Å². The van der Waals surface area contributed by atoms with Crippen molar-refractivity contribution in [3.05, 3.63) is 82.9 Å². The summed E-state index contributed by atoms with van der Waals surface area (Å²) in [6.45, 7) is 3.88. The molecule has 0 saturated heterocycles. The Morgan fingerprint density at radius 3 is 2.52 bits per heavy atom. The van der Waals surface area contributed by atoms with Crippen LogP contribution in [0.15, 0.2) is 60.7 Å². The van der Waals surface area contributed by atoms with Crippen molar-refractivity contribution in [2.75, 3.05) is 6.54 Å². The van der Waals surface area contributed by atoms with Crippen LogP contribution in [0.3, 0.4) is 0 Å². The molecule has 1 unspecified atom stereocenters. The lowest BCUT2D eigenvalue weighted by atomic mass is 9.99. The Bertz CT molecular complexity index is 1130. The van der Waals surface area contributed by atoms with Crippen LogP contribution in [0.5, 0.6) is 0 Å². The van der Waals surface area contributed by atoms with Gasteiger partial charge in [0, 0.05) is 13.0 Å². The van der Waals surface area contributed by atoms with Crippen molar-refractivity contribution in [2.45, 2.75) is 26.3 Å². The Labute approximate surface area is 169 Å². The van der Waals surface area contributed by atoms with Crippen LogP contribution in [0, 0.1) is 6.92 Å². The monoisotopic (exact) mass is 386 g/mol. The fourth-order valence-electron chi connectivity index (χ4n) is 3.84. The quantitative estimate of drug-likeness (QED) is 0.674. The first-order chi connectivity index (χ1) is 14.0. The maximum Gasteiger partial charge on any atom is 0.261 e. The van der Waals surface area contributed by atoms with Gasteiger partial charge in [0.1, 0.15) is 0 Å². The molecule has 1 N–H and O–H groups in total. The third-order valence-electron chi connectivity index (χ3n) is 5.36. The van der Waals surface area contributed by atoms with Gasteiger partial charge in [-0.2, -0.15) is 0 Å². The highest BCUT2D eigenvalue weighted by Crippen LogP contribution is 2.25. The largest absolute Gasteiger partial charge is 0.350 e. The van der Waals surface area contributed by atoms with Crippen molar-refractivity contribution in [3.8, 4) is 0 Å². The van der Waals surface area contributed by atoms with Crippen LogP contribution in [0.4, 0.5) is 0 Å². The Hall–Kier alpha value is -3.47. The molecule has 5 nitrogen and oxygen atoms in total. The fourth-order valence-corrected chi connectivity index (χ4v) is 3.84. The molecular weight excluding hydrogens is 364 g/mol. The summed E-state index contributed by atoms with van der Waals surface area (Å²) in [5.41, 5.74) is 2.78. The van der Waals surface area contributed by atoms with Gasteiger partial charge in [0.2, 0.25) is 5.91 Å². The summed E-state index contributed by atoms with van der Waals surface area (Å²) >= 11 is 0. The number of amides is 3. The SMILES string of the molecule is Cc1ccc2c(c1)C(=O)N(CCC(=O)NC(C)c1cccc3ccccc13)C2=O. The number of benzene rings is 3. The zero-order valence-corrected chi connectivity index (χ0v) is 16.4. The number of rotatable bonds is 5. The Balaban J connectivity index is 1.42. The van der Waals surface area contributed by atoms with Crippen molar-refractivity contribution in [1.29, 1.82) is 0 Å². The summed E-state index contributed by atoms with van der Waals surface area (Å²) in [7, 11) is 0. The van der Waals surface area contributed by atoms with E-state index in [0.717, 1.165) is 26.8 Å². The minimum Gasteiger partial charge on any atom is -0.350 e. The van der Waals surface area contributed by atoms with E-state index in [9.17, 15) is 14.4 Å². The van der Waals surface area contributed by atoms with E-state index in [-0.39, 0.29) is 36.7 Å². The zero-order chi connectivity index (χ0) is 20.5. The van der Waals surface area contributed by atoms with Gasteiger partial charge in [-0.25, -0.2) is 0 Å². The zero-order valence-electron chi connectivity index (χ0n) is 16.4. The molecule has 5 heteroatoms. The number of aryl methyl sites for hydroxylation is 1. The molecule has 3 aromatic carbocycles. The predicted molar refractivity (Wildman–Crippen MR) is 112 cm³/mol. The molecule has 1 heterocycles. The molecule has 146 valence electrons. The molecule has 3 aromatic rings. The molecule has 0 bridgehead atoms. The molecule has 0 saturated carbocycles. The highest BCUT2D eigenvalue weighted by atomic mass is 16.2. The van der Waals surface area contributed by atoms with E-state index in [1.807, 2.05) is 62.4 Å². The predicted octanol–water partition coefficient (Wildman–Crippen LogP) is 4.01. The Morgan fingerprint density at radius 1 is 0.966 bits per heavy atom. The number of hydrogen-bond acceptors (Lipinski definition) is 3. The maximum atomic E-state index is 12.5. The summed E-state index contributed by atoms with van der Waals surface area (Å²) in [6, 6.07) is 19.1. The van der Waals surface area contributed by atoms with Gasteiger partial charge in [-0.3, -0.25) is 19.3 Å². The standard InChI is InChI=1S/C24H22N2O3/c1-15-10-11-20-21(14-15)24(29)26(23(20)28)13-12-22(27)25-16(2)18-9-5-7-17-6-3-4-8-19(17)18/h3-11,14,16H,12-13H2,1-2H3,(H,25,27). The smallest absolute Gasteiger partial charge is 0.261 e. The number of nitrogens with one attached hydrogen (secondary N) is 1. The van der Waals surface area contributed by atoms with E-state index in [4.69, 9.17) is 0 Å². The van der Waals surface area contributed by atoms with Gasteiger partial charge < -0.3 is 5.32 Å². The molecule has 29 heavy (non-hydrogen) atoms. The van der Waals surface area contributed by atoms with E-state index >= 15 is 0 Å². The lowest BCUT2D eigenvalue weighted by Crippen LogP contribution is -2.35.